The zero-order valence-electron chi connectivity index (χ0n) is 4.55. The Morgan fingerprint density at radius 3 is 3.11 bits per heavy atom. The average Bonchev–Trinajstić information content (AvgIpc) is 2.17. The Morgan fingerprint density at radius 1 is 1.89 bits per heavy atom. The molecular weight excluding hydrogens is 152 g/mol. The molecule has 1 rings (SSSR count). The third kappa shape index (κ3) is 1.70. The van der Waals surface area contributed by atoms with Crippen LogP contribution in [0.1, 0.15) is 0 Å². The van der Waals surface area contributed by atoms with Gasteiger partial charge in [0.05, 0.1) is 6.07 Å². The SMILES string of the molecule is N#C/C=C1\CSC(=S)N1. The summed E-state index contributed by atoms with van der Waals surface area (Å²) in [5.41, 5.74) is 0.910. The number of nitrogens with one attached hydrogen (secondary N) is 1. The molecule has 9 heavy (non-hydrogen) atoms. The molecule has 0 radical (unpaired) electrons. The molecule has 0 atom stereocenters. The number of hydrogen-bond donors (Lipinski definition) is 1. The lowest BCUT2D eigenvalue weighted by molar-refractivity contribution is 1.19. The molecule has 0 amide bonds. The fourth-order valence-electron chi connectivity index (χ4n) is 0.502. The third-order valence-electron chi connectivity index (χ3n) is 0.860. The molecule has 0 aromatic heterocycles. The van der Waals surface area contributed by atoms with Crippen molar-refractivity contribution in [3.05, 3.63) is 11.8 Å². The van der Waals surface area contributed by atoms with Crippen LogP contribution in [0.15, 0.2) is 11.8 Å². The van der Waals surface area contributed by atoms with Crippen molar-refractivity contribution in [3.63, 3.8) is 0 Å². The summed E-state index contributed by atoms with van der Waals surface area (Å²) in [5.74, 6) is 0.812. The van der Waals surface area contributed by atoms with E-state index in [2.05, 4.69) is 5.32 Å². The Morgan fingerprint density at radius 2 is 2.67 bits per heavy atom. The molecule has 0 bridgehead atoms. The number of thioether (sulfide) groups is 1. The number of nitrogens with zero attached hydrogens (tertiary/aromatic N) is 1. The van der Waals surface area contributed by atoms with Crippen LogP contribution in [0.25, 0.3) is 0 Å². The summed E-state index contributed by atoms with van der Waals surface area (Å²) in [5, 5.41) is 11.1. The van der Waals surface area contributed by atoms with Gasteiger partial charge in [0.25, 0.3) is 0 Å². The highest BCUT2D eigenvalue weighted by Crippen LogP contribution is 2.15. The van der Waals surface area contributed by atoms with Gasteiger partial charge in [0.2, 0.25) is 0 Å². The van der Waals surface area contributed by atoms with Crippen molar-refractivity contribution in [2.24, 2.45) is 0 Å². The van der Waals surface area contributed by atoms with Crippen molar-refractivity contribution in [1.29, 1.82) is 5.26 Å². The van der Waals surface area contributed by atoms with E-state index in [1.807, 2.05) is 6.07 Å². The molecule has 4 heteroatoms. The summed E-state index contributed by atoms with van der Waals surface area (Å²) in [7, 11) is 0. The van der Waals surface area contributed by atoms with Gasteiger partial charge in [-0.25, -0.2) is 0 Å². The molecule has 0 aliphatic carbocycles. The minimum absolute atomic E-state index is 0.761. The molecule has 0 saturated carbocycles. The summed E-state index contributed by atoms with van der Waals surface area (Å²) >= 11 is 6.36. The number of nitriles is 1. The van der Waals surface area contributed by atoms with Crippen LogP contribution in [0.2, 0.25) is 0 Å². The number of thiocarbonyl (C=S) groups is 1. The molecule has 1 saturated heterocycles. The number of allylic oxidation sites excluding steroid dienone is 1. The summed E-state index contributed by atoms with van der Waals surface area (Å²) in [6, 6.07) is 1.93. The average molecular weight is 156 g/mol. The lowest BCUT2D eigenvalue weighted by Crippen LogP contribution is -2.08. The first-order valence-corrected chi connectivity index (χ1v) is 3.75. The summed E-state index contributed by atoms with van der Waals surface area (Å²) in [4.78, 5) is 0. The second-order valence-electron chi connectivity index (χ2n) is 1.50. The van der Waals surface area contributed by atoms with Crippen LogP contribution in [-0.4, -0.2) is 10.1 Å². The van der Waals surface area contributed by atoms with E-state index in [-0.39, 0.29) is 0 Å². The first-order valence-electron chi connectivity index (χ1n) is 2.35. The van der Waals surface area contributed by atoms with E-state index < -0.39 is 0 Å². The Hall–Kier alpha value is -0.530. The van der Waals surface area contributed by atoms with Gasteiger partial charge in [-0.2, -0.15) is 5.26 Å². The molecule has 1 fully saturated rings. The Bertz CT molecular complexity index is 201. The monoisotopic (exact) mass is 156 g/mol. The van der Waals surface area contributed by atoms with Crippen LogP contribution in [-0.2, 0) is 0 Å². The first-order chi connectivity index (χ1) is 4.33. The Labute approximate surface area is 62.9 Å². The van der Waals surface area contributed by atoms with Crippen molar-refractivity contribution >= 4 is 28.3 Å². The molecule has 0 unspecified atom stereocenters. The summed E-state index contributed by atoms with van der Waals surface area (Å²) in [6.45, 7) is 0. The molecule has 0 aromatic carbocycles. The van der Waals surface area contributed by atoms with Crippen LogP contribution < -0.4 is 5.32 Å². The van der Waals surface area contributed by atoms with Gasteiger partial charge in [-0.15, -0.1) is 0 Å². The van der Waals surface area contributed by atoms with Gasteiger partial charge in [-0.1, -0.05) is 24.0 Å². The lowest BCUT2D eigenvalue weighted by atomic mass is 10.5. The molecule has 1 aliphatic heterocycles. The van der Waals surface area contributed by atoms with Crippen LogP contribution >= 0.6 is 24.0 Å². The highest BCUT2D eigenvalue weighted by molar-refractivity contribution is 8.23. The maximum absolute atomic E-state index is 8.19. The van der Waals surface area contributed by atoms with Crippen LogP contribution in [0, 0.1) is 11.3 Å². The normalized spacial score (nSPS) is 21.7. The molecule has 46 valence electrons. The van der Waals surface area contributed by atoms with E-state index in [0.29, 0.717) is 0 Å². The van der Waals surface area contributed by atoms with Crippen molar-refractivity contribution in [1.82, 2.24) is 5.32 Å². The van der Waals surface area contributed by atoms with Crippen LogP contribution in [0.3, 0.4) is 0 Å². The molecule has 1 aliphatic rings. The van der Waals surface area contributed by atoms with Gasteiger partial charge < -0.3 is 5.32 Å². The van der Waals surface area contributed by atoms with Crippen molar-refractivity contribution in [2.45, 2.75) is 0 Å². The largest absolute Gasteiger partial charge is 0.343 e. The molecule has 0 spiro atoms. The lowest BCUT2D eigenvalue weighted by Gasteiger charge is -1.89. The predicted molar refractivity (Wildman–Crippen MR) is 41.9 cm³/mol. The highest BCUT2D eigenvalue weighted by atomic mass is 32.2. The van der Waals surface area contributed by atoms with Crippen LogP contribution in [0.5, 0.6) is 0 Å². The smallest absolute Gasteiger partial charge is 0.138 e. The minimum Gasteiger partial charge on any atom is -0.343 e. The van der Waals surface area contributed by atoms with Gasteiger partial charge in [0.1, 0.15) is 4.32 Å². The topological polar surface area (TPSA) is 35.8 Å². The van der Waals surface area contributed by atoms with Crippen molar-refractivity contribution in [3.8, 4) is 6.07 Å². The summed E-state index contributed by atoms with van der Waals surface area (Å²) in [6.07, 6.45) is 1.48. The molecular formula is C5H4N2S2. The van der Waals surface area contributed by atoms with E-state index in [9.17, 15) is 0 Å². The quantitative estimate of drug-likeness (QED) is 0.419. The molecule has 1 heterocycles. The fourth-order valence-corrected chi connectivity index (χ4v) is 1.46. The van der Waals surface area contributed by atoms with Gasteiger partial charge >= 0.3 is 0 Å². The van der Waals surface area contributed by atoms with Gasteiger partial charge in [-0.3, -0.25) is 0 Å². The Balaban J connectivity index is 2.60. The maximum Gasteiger partial charge on any atom is 0.138 e. The highest BCUT2D eigenvalue weighted by Gasteiger charge is 2.09. The number of rotatable bonds is 0. The molecule has 2 nitrogen and oxygen atoms in total. The fraction of sp³-hybridized carbons (Fsp3) is 0.200. The summed E-state index contributed by atoms with van der Waals surface area (Å²) < 4.78 is 0.761. The number of hydrogen-bond acceptors (Lipinski definition) is 3. The first kappa shape index (κ1) is 6.59. The van der Waals surface area contributed by atoms with Crippen molar-refractivity contribution < 1.29 is 0 Å². The van der Waals surface area contributed by atoms with E-state index in [4.69, 9.17) is 17.5 Å². The minimum atomic E-state index is 0.761. The van der Waals surface area contributed by atoms with E-state index in [1.165, 1.54) is 6.08 Å². The molecule has 1 N–H and O–H groups in total. The molecule has 0 aromatic rings. The van der Waals surface area contributed by atoms with Gasteiger partial charge in [0.15, 0.2) is 0 Å². The zero-order valence-corrected chi connectivity index (χ0v) is 6.18. The van der Waals surface area contributed by atoms with E-state index >= 15 is 0 Å². The van der Waals surface area contributed by atoms with Gasteiger partial charge in [-0.05, 0) is 0 Å². The Kier molecular flexibility index (Phi) is 2.09. The van der Waals surface area contributed by atoms with Crippen molar-refractivity contribution in [2.75, 3.05) is 5.75 Å². The standard InChI is InChI=1S/C5H4N2S2/c6-2-1-4-3-9-5(8)7-4/h1H,3H2,(H,7,8)/b4-1+. The maximum atomic E-state index is 8.19. The van der Waals surface area contributed by atoms with E-state index in [1.54, 1.807) is 11.8 Å². The van der Waals surface area contributed by atoms with Gasteiger partial charge in [0, 0.05) is 17.5 Å². The van der Waals surface area contributed by atoms with E-state index in [0.717, 1.165) is 15.8 Å². The second kappa shape index (κ2) is 2.85. The van der Waals surface area contributed by atoms with Crippen LogP contribution in [0.4, 0.5) is 0 Å². The second-order valence-corrected chi connectivity index (χ2v) is 3.15. The zero-order chi connectivity index (χ0) is 6.69. The predicted octanol–water partition coefficient (Wildman–Crippen LogP) is 1.02. The third-order valence-corrected chi connectivity index (χ3v) is 2.14.